The summed E-state index contributed by atoms with van der Waals surface area (Å²) in [6.45, 7) is 4.49. The Morgan fingerprint density at radius 1 is 1.20 bits per heavy atom. The fourth-order valence-corrected chi connectivity index (χ4v) is 2.35. The van der Waals surface area contributed by atoms with E-state index in [1.54, 1.807) is 10.9 Å². The number of benzene rings is 1. The van der Waals surface area contributed by atoms with Gasteiger partial charge in [0.1, 0.15) is 0 Å². The molecule has 0 aliphatic heterocycles. The maximum atomic E-state index is 4.07. The van der Waals surface area contributed by atoms with Gasteiger partial charge in [-0.15, -0.1) is 5.10 Å². The number of rotatable bonds is 8. The van der Waals surface area contributed by atoms with Gasteiger partial charge in [0.25, 0.3) is 0 Å². The molecule has 1 heterocycles. The van der Waals surface area contributed by atoms with Crippen molar-refractivity contribution in [1.29, 1.82) is 0 Å². The zero-order chi connectivity index (χ0) is 14.2. The maximum Gasteiger partial charge on any atom is 0.0894 e. The molecule has 0 amide bonds. The minimum Gasteiger partial charge on any atom is -0.381 e. The van der Waals surface area contributed by atoms with Crippen LogP contribution in [-0.2, 0) is 0 Å². The van der Waals surface area contributed by atoms with Gasteiger partial charge in [0.15, 0.2) is 0 Å². The molecule has 0 radical (unpaired) electrons. The van der Waals surface area contributed by atoms with Crippen molar-refractivity contribution in [3.05, 3.63) is 36.7 Å². The van der Waals surface area contributed by atoms with E-state index < -0.39 is 0 Å². The molecular formula is C16H24N4. The van der Waals surface area contributed by atoms with E-state index in [1.807, 2.05) is 18.3 Å². The Hall–Kier alpha value is -1.84. The summed E-state index contributed by atoms with van der Waals surface area (Å²) in [5, 5.41) is 11.5. The molecule has 0 aliphatic rings. The number of hydrogen-bond donors (Lipinski definition) is 1. The van der Waals surface area contributed by atoms with Gasteiger partial charge in [-0.2, -0.15) is 0 Å². The first kappa shape index (κ1) is 14.6. The fourth-order valence-electron chi connectivity index (χ4n) is 2.35. The van der Waals surface area contributed by atoms with Crippen LogP contribution in [0.3, 0.4) is 0 Å². The quantitative estimate of drug-likeness (QED) is 0.737. The van der Waals surface area contributed by atoms with E-state index >= 15 is 0 Å². The van der Waals surface area contributed by atoms with Gasteiger partial charge in [-0.05, 0) is 25.5 Å². The monoisotopic (exact) mass is 272 g/mol. The Morgan fingerprint density at radius 2 is 2.05 bits per heavy atom. The van der Waals surface area contributed by atoms with Crippen LogP contribution in [0.2, 0.25) is 0 Å². The van der Waals surface area contributed by atoms with Crippen molar-refractivity contribution in [2.45, 2.75) is 52.0 Å². The van der Waals surface area contributed by atoms with Gasteiger partial charge in [0.05, 0.1) is 23.8 Å². The fraction of sp³-hybridized carbons (Fsp3) is 0.500. The summed E-state index contributed by atoms with van der Waals surface area (Å²) < 4.78 is 1.80. The summed E-state index contributed by atoms with van der Waals surface area (Å²) in [5.74, 6) is 0. The summed E-state index contributed by atoms with van der Waals surface area (Å²) >= 11 is 0. The van der Waals surface area contributed by atoms with Crippen molar-refractivity contribution in [3.63, 3.8) is 0 Å². The van der Waals surface area contributed by atoms with Crippen molar-refractivity contribution in [2.75, 3.05) is 5.32 Å². The highest BCUT2D eigenvalue weighted by molar-refractivity contribution is 5.60. The van der Waals surface area contributed by atoms with Crippen molar-refractivity contribution >= 4 is 5.69 Å². The summed E-state index contributed by atoms with van der Waals surface area (Å²) in [4.78, 5) is 0. The highest BCUT2D eigenvalue weighted by Gasteiger charge is 2.07. The molecule has 0 saturated heterocycles. The second kappa shape index (κ2) is 7.68. The van der Waals surface area contributed by atoms with E-state index in [2.05, 4.69) is 41.6 Å². The lowest BCUT2D eigenvalue weighted by Gasteiger charge is -2.17. The third-order valence-corrected chi connectivity index (χ3v) is 3.47. The van der Waals surface area contributed by atoms with Crippen LogP contribution in [0, 0.1) is 0 Å². The van der Waals surface area contributed by atoms with Gasteiger partial charge in [-0.3, -0.25) is 0 Å². The SMILES string of the molecule is CCCCCCC(C)Nc1ccccc1-n1ccnn1. The lowest BCUT2D eigenvalue weighted by Crippen LogP contribution is -2.16. The molecule has 4 nitrogen and oxygen atoms in total. The molecule has 1 aromatic carbocycles. The molecule has 0 spiro atoms. The Balaban J connectivity index is 1.95. The molecule has 0 saturated carbocycles. The van der Waals surface area contributed by atoms with E-state index in [4.69, 9.17) is 0 Å². The Labute approximate surface area is 121 Å². The first-order valence-corrected chi connectivity index (χ1v) is 7.53. The predicted octanol–water partition coefficient (Wildman–Crippen LogP) is 4.04. The second-order valence-corrected chi connectivity index (χ2v) is 5.26. The van der Waals surface area contributed by atoms with E-state index in [0.717, 1.165) is 11.4 Å². The molecule has 1 N–H and O–H groups in total. The molecule has 2 rings (SSSR count). The van der Waals surface area contributed by atoms with Gasteiger partial charge in [-0.1, -0.05) is 50.0 Å². The normalized spacial score (nSPS) is 12.3. The first-order chi connectivity index (χ1) is 9.81. The van der Waals surface area contributed by atoms with Crippen molar-refractivity contribution < 1.29 is 0 Å². The molecule has 2 aromatic rings. The average Bonchev–Trinajstić information content (AvgIpc) is 2.98. The number of nitrogens with zero attached hydrogens (tertiary/aromatic N) is 3. The Kier molecular flexibility index (Phi) is 5.59. The van der Waals surface area contributed by atoms with Crippen LogP contribution in [0.1, 0.15) is 46.0 Å². The van der Waals surface area contributed by atoms with E-state index in [0.29, 0.717) is 6.04 Å². The molecule has 4 heteroatoms. The van der Waals surface area contributed by atoms with Gasteiger partial charge in [0.2, 0.25) is 0 Å². The molecule has 108 valence electrons. The molecule has 20 heavy (non-hydrogen) atoms. The minimum absolute atomic E-state index is 0.469. The summed E-state index contributed by atoms with van der Waals surface area (Å²) in [6, 6.07) is 8.69. The average molecular weight is 272 g/mol. The highest BCUT2D eigenvalue weighted by Crippen LogP contribution is 2.20. The lowest BCUT2D eigenvalue weighted by molar-refractivity contribution is 0.593. The zero-order valence-corrected chi connectivity index (χ0v) is 12.4. The minimum atomic E-state index is 0.469. The summed E-state index contributed by atoms with van der Waals surface area (Å²) in [5.41, 5.74) is 2.16. The third kappa shape index (κ3) is 4.08. The molecule has 0 aliphatic carbocycles. The van der Waals surface area contributed by atoms with Crippen molar-refractivity contribution in [2.24, 2.45) is 0 Å². The van der Waals surface area contributed by atoms with Crippen molar-refractivity contribution in [3.8, 4) is 5.69 Å². The molecule has 1 unspecified atom stereocenters. The van der Waals surface area contributed by atoms with Gasteiger partial charge in [0, 0.05) is 6.04 Å². The number of aromatic nitrogens is 3. The van der Waals surface area contributed by atoms with Crippen LogP contribution < -0.4 is 5.32 Å². The standard InChI is InChI=1S/C16H24N4/c1-3-4-5-6-9-14(2)18-15-10-7-8-11-16(15)20-13-12-17-19-20/h7-8,10-14,18H,3-6,9H2,1-2H3. The summed E-state index contributed by atoms with van der Waals surface area (Å²) in [7, 11) is 0. The number of anilines is 1. The number of nitrogens with one attached hydrogen (secondary N) is 1. The Morgan fingerprint density at radius 3 is 2.80 bits per heavy atom. The largest absolute Gasteiger partial charge is 0.381 e. The number of para-hydroxylation sites is 2. The van der Waals surface area contributed by atoms with Crippen molar-refractivity contribution in [1.82, 2.24) is 15.0 Å². The van der Waals surface area contributed by atoms with Gasteiger partial charge < -0.3 is 5.32 Å². The van der Waals surface area contributed by atoms with Crippen LogP contribution in [0.4, 0.5) is 5.69 Å². The van der Waals surface area contributed by atoms with E-state index in [1.165, 1.54) is 32.1 Å². The van der Waals surface area contributed by atoms with Crippen LogP contribution in [0.25, 0.3) is 5.69 Å². The molecule has 1 aromatic heterocycles. The predicted molar refractivity (Wildman–Crippen MR) is 83.2 cm³/mol. The van der Waals surface area contributed by atoms with Crippen LogP contribution in [-0.4, -0.2) is 21.0 Å². The Bertz CT molecular complexity index is 493. The molecule has 0 fully saturated rings. The molecular weight excluding hydrogens is 248 g/mol. The van der Waals surface area contributed by atoms with Crippen LogP contribution in [0.5, 0.6) is 0 Å². The topological polar surface area (TPSA) is 42.7 Å². The maximum absolute atomic E-state index is 4.07. The van der Waals surface area contributed by atoms with Gasteiger partial charge >= 0.3 is 0 Å². The first-order valence-electron chi connectivity index (χ1n) is 7.53. The third-order valence-electron chi connectivity index (χ3n) is 3.47. The van der Waals surface area contributed by atoms with Crippen LogP contribution in [0.15, 0.2) is 36.7 Å². The van der Waals surface area contributed by atoms with E-state index in [9.17, 15) is 0 Å². The van der Waals surface area contributed by atoms with E-state index in [-0.39, 0.29) is 0 Å². The van der Waals surface area contributed by atoms with Gasteiger partial charge in [-0.25, -0.2) is 4.68 Å². The number of unbranched alkanes of at least 4 members (excludes halogenated alkanes) is 3. The molecule has 0 bridgehead atoms. The highest BCUT2D eigenvalue weighted by atomic mass is 15.4. The lowest BCUT2D eigenvalue weighted by atomic mass is 10.1. The number of hydrogen-bond acceptors (Lipinski definition) is 3. The smallest absolute Gasteiger partial charge is 0.0894 e. The molecule has 1 atom stereocenters. The second-order valence-electron chi connectivity index (χ2n) is 5.26. The summed E-state index contributed by atoms with van der Waals surface area (Å²) in [6.07, 6.45) is 10.0. The van der Waals surface area contributed by atoms with Crippen LogP contribution >= 0.6 is 0 Å². The zero-order valence-electron chi connectivity index (χ0n) is 12.4.